The lowest BCUT2D eigenvalue weighted by molar-refractivity contribution is 0.308. The molecule has 0 saturated carbocycles. The molecular formula is C13H29N5O2. The Kier molecular flexibility index (Phi) is 7.12. The van der Waals surface area contributed by atoms with E-state index in [9.17, 15) is 0 Å². The van der Waals surface area contributed by atoms with Crippen LogP contribution in [0.3, 0.4) is 0 Å². The summed E-state index contributed by atoms with van der Waals surface area (Å²) in [6.45, 7) is 12.3. The van der Waals surface area contributed by atoms with Crippen LogP contribution >= 0.6 is 0 Å². The van der Waals surface area contributed by atoms with Gasteiger partial charge in [0.2, 0.25) is 0 Å². The van der Waals surface area contributed by atoms with Crippen molar-refractivity contribution < 1.29 is 10.4 Å². The highest BCUT2D eigenvalue weighted by atomic mass is 16.4. The molecule has 0 fully saturated rings. The minimum atomic E-state index is -0.412. The zero-order valence-electron chi connectivity index (χ0n) is 13.4. The van der Waals surface area contributed by atoms with Gasteiger partial charge in [0.15, 0.2) is 0 Å². The second-order valence-corrected chi connectivity index (χ2v) is 6.14. The Labute approximate surface area is 121 Å². The Bertz CT molecular complexity index is 330. The van der Waals surface area contributed by atoms with Gasteiger partial charge in [0, 0.05) is 19.1 Å². The van der Waals surface area contributed by atoms with E-state index in [-0.39, 0.29) is 6.04 Å². The van der Waals surface area contributed by atoms with Gasteiger partial charge < -0.3 is 26.8 Å². The topological polar surface area (TPSA) is 115 Å². The summed E-state index contributed by atoms with van der Waals surface area (Å²) >= 11 is 0. The maximum Gasteiger partial charge on any atom is 0.0734 e. The SMILES string of the molecule is CC(=NO)C(C)(C)NCC(N)CNC(C)(C)C(C)=NO. The fourth-order valence-corrected chi connectivity index (χ4v) is 1.35. The molecule has 6 N–H and O–H groups in total. The molecule has 0 amide bonds. The Morgan fingerprint density at radius 1 is 0.950 bits per heavy atom. The summed E-state index contributed by atoms with van der Waals surface area (Å²) in [6, 6.07) is -0.119. The molecule has 118 valence electrons. The van der Waals surface area contributed by atoms with Crippen LogP contribution in [0.2, 0.25) is 0 Å². The van der Waals surface area contributed by atoms with Gasteiger partial charge in [-0.2, -0.15) is 0 Å². The first-order valence-electron chi connectivity index (χ1n) is 6.70. The van der Waals surface area contributed by atoms with Crippen molar-refractivity contribution in [1.29, 1.82) is 0 Å². The first-order chi connectivity index (χ1) is 9.06. The van der Waals surface area contributed by atoms with E-state index < -0.39 is 11.1 Å². The van der Waals surface area contributed by atoms with Crippen LogP contribution in [0.4, 0.5) is 0 Å². The van der Waals surface area contributed by atoms with E-state index in [1.807, 2.05) is 27.7 Å². The summed E-state index contributed by atoms with van der Waals surface area (Å²) in [5.74, 6) is 0. The van der Waals surface area contributed by atoms with Gasteiger partial charge >= 0.3 is 0 Å². The fourth-order valence-electron chi connectivity index (χ4n) is 1.35. The molecule has 7 heteroatoms. The lowest BCUT2D eigenvalue weighted by Crippen LogP contribution is -2.55. The third-order valence-electron chi connectivity index (χ3n) is 3.72. The number of rotatable bonds is 8. The molecule has 0 aromatic heterocycles. The van der Waals surface area contributed by atoms with Crippen molar-refractivity contribution in [2.24, 2.45) is 16.0 Å². The summed E-state index contributed by atoms with van der Waals surface area (Å²) in [4.78, 5) is 0. The quantitative estimate of drug-likeness (QED) is 0.257. The van der Waals surface area contributed by atoms with Crippen molar-refractivity contribution >= 4 is 11.4 Å². The van der Waals surface area contributed by atoms with Gasteiger partial charge in [-0.25, -0.2) is 0 Å². The molecule has 0 heterocycles. The van der Waals surface area contributed by atoms with Crippen molar-refractivity contribution in [3.05, 3.63) is 0 Å². The van der Waals surface area contributed by atoms with Crippen molar-refractivity contribution in [1.82, 2.24) is 10.6 Å². The van der Waals surface area contributed by atoms with Crippen LogP contribution in [0.15, 0.2) is 10.3 Å². The molecule has 0 atom stereocenters. The summed E-state index contributed by atoms with van der Waals surface area (Å²) in [5.41, 5.74) is 6.41. The third kappa shape index (κ3) is 5.85. The molecule has 0 rings (SSSR count). The molecule has 0 aromatic rings. The summed E-state index contributed by atoms with van der Waals surface area (Å²) in [6.07, 6.45) is 0. The molecule has 0 radical (unpaired) electrons. The van der Waals surface area contributed by atoms with Gasteiger partial charge in [-0.05, 0) is 41.5 Å². The van der Waals surface area contributed by atoms with Gasteiger partial charge in [-0.15, -0.1) is 0 Å². The lowest BCUT2D eigenvalue weighted by atomic mass is 9.98. The number of nitrogens with zero attached hydrogens (tertiary/aromatic N) is 2. The van der Waals surface area contributed by atoms with Crippen LogP contribution in [-0.2, 0) is 0 Å². The molecule has 0 spiro atoms. The van der Waals surface area contributed by atoms with Gasteiger partial charge in [-0.1, -0.05) is 10.3 Å². The predicted molar refractivity (Wildman–Crippen MR) is 81.9 cm³/mol. The zero-order chi connectivity index (χ0) is 16.0. The smallest absolute Gasteiger partial charge is 0.0734 e. The largest absolute Gasteiger partial charge is 0.411 e. The second kappa shape index (κ2) is 7.56. The van der Waals surface area contributed by atoms with E-state index in [0.29, 0.717) is 24.5 Å². The van der Waals surface area contributed by atoms with Crippen LogP contribution in [0.1, 0.15) is 41.5 Å². The summed E-state index contributed by atoms with van der Waals surface area (Å²) < 4.78 is 0. The maximum absolute atomic E-state index is 8.80. The monoisotopic (exact) mass is 287 g/mol. The Hall–Kier alpha value is -1.18. The number of oxime groups is 2. The molecule has 0 saturated heterocycles. The predicted octanol–water partition coefficient (Wildman–Crippen LogP) is 0.750. The number of hydrogen-bond acceptors (Lipinski definition) is 7. The fraction of sp³-hybridized carbons (Fsp3) is 0.846. The van der Waals surface area contributed by atoms with Crippen molar-refractivity contribution in [3.63, 3.8) is 0 Å². The van der Waals surface area contributed by atoms with E-state index in [2.05, 4.69) is 20.9 Å². The average Bonchev–Trinajstić information content (AvgIpc) is 2.40. The summed E-state index contributed by atoms with van der Waals surface area (Å²) in [5, 5.41) is 30.5. The molecule has 0 bridgehead atoms. The van der Waals surface area contributed by atoms with E-state index >= 15 is 0 Å². The zero-order valence-corrected chi connectivity index (χ0v) is 13.4. The molecule has 0 unspecified atom stereocenters. The van der Waals surface area contributed by atoms with Gasteiger partial charge in [0.05, 0.1) is 22.5 Å². The first kappa shape index (κ1) is 18.8. The maximum atomic E-state index is 8.80. The molecule has 0 aliphatic heterocycles. The Morgan fingerprint density at radius 2 is 1.25 bits per heavy atom. The minimum Gasteiger partial charge on any atom is -0.411 e. The molecule has 0 aromatic carbocycles. The molecular weight excluding hydrogens is 258 g/mol. The van der Waals surface area contributed by atoms with Crippen LogP contribution in [0, 0.1) is 0 Å². The standard InChI is InChI=1S/C13H29N5O2/c1-9(17-19)12(3,4)15-7-11(14)8-16-13(5,6)10(2)18-20/h11,15-16,19-20H,7-8,14H2,1-6H3. The Balaban J connectivity index is 4.30. The van der Waals surface area contributed by atoms with Crippen LogP contribution < -0.4 is 16.4 Å². The highest BCUT2D eigenvalue weighted by molar-refractivity contribution is 5.90. The second-order valence-electron chi connectivity index (χ2n) is 6.14. The number of hydrogen-bond donors (Lipinski definition) is 5. The van der Waals surface area contributed by atoms with Crippen LogP contribution in [-0.4, -0.2) is 52.0 Å². The van der Waals surface area contributed by atoms with Crippen LogP contribution in [0.5, 0.6) is 0 Å². The average molecular weight is 287 g/mol. The van der Waals surface area contributed by atoms with Crippen LogP contribution in [0.25, 0.3) is 0 Å². The van der Waals surface area contributed by atoms with Crippen molar-refractivity contribution in [2.45, 2.75) is 58.7 Å². The molecule has 20 heavy (non-hydrogen) atoms. The first-order valence-corrected chi connectivity index (χ1v) is 6.70. The number of nitrogens with two attached hydrogens (primary N) is 1. The Morgan fingerprint density at radius 3 is 1.50 bits per heavy atom. The third-order valence-corrected chi connectivity index (χ3v) is 3.72. The number of nitrogens with one attached hydrogen (secondary N) is 2. The molecule has 0 aliphatic carbocycles. The van der Waals surface area contributed by atoms with Gasteiger partial charge in [-0.3, -0.25) is 0 Å². The summed E-state index contributed by atoms with van der Waals surface area (Å²) in [7, 11) is 0. The van der Waals surface area contributed by atoms with E-state index in [1.165, 1.54) is 0 Å². The molecule has 0 aliphatic rings. The van der Waals surface area contributed by atoms with Crippen molar-refractivity contribution in [3.8, 4) is 0 Å². The van der Waals surface area contributed by atoms with E-state index in [0.717, 1.165) is 0 Å². The highest BCUT2D eigenvalue weighted by Crippen LogP contribution is 2.06. The minimum absolute atomic E-state index is 0.119. The van der Waals surface area contributed by atoms with Crippen molar-refractivity contribution in [2.75, 3.05) is 13.1 Å². The van der Waals surface area contributed by atoms with E-state index in [1.54, 1.807) is 13.8 Å². The van der Waals surface area contributed by atoms with Gasteiger partial charge in [0.25, 0.3) is 0 Å². The molecule has 7 nitrogen and oxygen atoms in total. The van der Waals surface area contributed by atoms with E-state index in [4.69, 9.17) is 16.1 Å². The highest BCUT2D eigenvalue weighted by Gasteiger charge is 2.24. The van der Waals surface area contributed by atoms with Gasteiger partial charge in [0.1, 0.15) is 0 Å². The normalized spacial score (nSPS) is 16.4. The lowest BCUT2D eigenvalue weighted by Gasteiger charge is -2.30.